The number of fused-ring (bicyclic) bond motifs is 1. The van der Waals surface area contributed by atoms with E-state index in [1.165, 1.54) is 29.4 Å². The van der Waals surface area contributed by atoms with Gasteiger partial charge in [-0.2, -0.15) is 0 Å². The molecule has 0 saturated carbocycles. The van der Waals surface area contributed by atoms with Gasteiger partial charge in [0.2, 0.25) is 0 Å². The fourth-order valence-corrected chi connectivity index (χ4v) is 4.01. The molecule has 0 bridgehead atoms. The molecule has 12 heteroatoms. The molecule has 0 aromatic carbocycles. The zero-order valence-electron chi connectivity index (χ0n) is 10.8. The van der Waals surface area contributed by atoms with Crippen molar-refractivity contribution in [3.8, 4) is 5.75 Å². The predicted molar refractivity (Wildman–Crippen MR) is 89.8 cm³/mol. The second-order valence-corrected chi connectivity index (χ2v) is 8.03. The van der Waals surface area contributed by atoms with Gasteiger partial charge in [0, 0.05) is 6.20 Å². The van der Waals surface area contributed by atoms with Gasteiger partial charge in [0.05, 0.1) is 11.2 Å². The standard InChI is InChI=1S/C11H10N3O5PS2.Na.H/c15-10-9-8(13-4-14-10)7(3-12-9)22-11-6(1-2-21-11)19-5-20(16,17)18;;/h1-4,12H,5H2,(H,13,14,15)(H2,16,17,18);;. The number of aromatic amines is 2. The number of nitrogens with one attached hydrogen (secondary N) is 2. The molecule has 3 heterocycles. The summed E-state index contributed by atoms with van der Waals surface area (Å²) in [5, 5.41) is 1.76. The van der Waals surface area contributed by atoms with Gasteiger partial charge in [-0.15, -0.1) is 11.3 Å². The molecular weight excluding hydrogens is 372 g/mol. The molecule has 0 saturated heterocycles. The molecule has 118 valence electrons. The first kappa shape index (κ1) is 18.8. The third-order valence-corrected chi connectivity index (χ3v) is 5.23. The van der Waals surface area contributed by atoms with Gasteiger partial charge in [-0.3, -0.25) is 9.36 Å². The van der Waals surface area contributed by atoms with Crippen LogP contribution in [0.4, 0.5) is 0 Å². The van der Waals surface area contributed by atoms with Gasteiger partial charge in [0.15, 0.2) is 6.35 Å². The Hall–Kier alpha value is -0.580. The summed E-state index contributed by atoms with van der Waals surface area (Å²) in [6.45, 7) is 0. The third kappa shape index (κ3) is 4.49. The van der Waals surface area contributed by atoms with E-state index in [0.29, 0.717) is 16.8 Å². The summed E-state index contributed by atoms with van der Waals surface area (Å²) in [5.41, 5.74) is 0.642. The van der Waals surface area contributed by atoms with Crippen LogP contribution in [0.3, 0.4) is 0 Å². The van der Waals surface area contributed by atoms with E-state index in [-0.39, 0.29) is 35.1 Å². The molecule has 4 N–H and O–H groups in total. The fraction of sp³-hybridized carbons (Fsp3) is 0.0909. The zero-order chi connectivity index (χ0) is 15.7. The summed E-state index contributed by atoms with van der Waals surface area (Å²) in [4.78, 5) is 39.6. The van der Waals surface area contributed by atoms with Crippen LogP contribution in [0.2, 0.25) is 0 Å². The van der Waals surface area contributed by atoms with Gasteiger partial charge in [0.25, 0.3) is 5.56 Å². The van der Waals surface area contributed by atoms with Crippen molar-refractivity contribution in [3.05, 3.63) is 34.3 Å². The summed E-state index contributed by atoms with van der Waals surface area (Å²) in [5.74, 6) is 0.387. The molecule has 0 atom stereocenters. The second-order valence-electron chi connectivity index (χ2n) is 4.22. The average Bonchev–Trinajstić information content (AvgIpc) is 3.05. The summed E-state index contributed by atoms with van der Waals surface area (Å²) < 4.78 is 16.8. The normalized spacial score (nSPS) is 11.4. The maximum atomic E-state index is 11.6. The van der Waals surface area contributed by atoms with Crippen LogP contribution in [0.5, 0.6) is 5.75 Å². The molecular formula is C11H11N3NaO5PS2. The van der Waals surface area contributed by atoms with Crippen LogP contribution in [-0.4, -0.2) is 60.6 Å². The molecule has 3 rings (SSSR count). The van der Waals surface area contributed by atoms with Gasteiger partial charge < -0.3 is 24.5 Å². The van der Waals surface area contributed by atoms with E-state index in [9.17, 15) is 9.36 Å². The Balaban J connectivity index is 0.00000192. The van der Waals surface area contributed by atoms with Crippen molar-refractivity contribution >= 4 is 71.3 Å². The van der Waals surface area contributed by atoms with Crippen LogP contribution in [0.15, 0.2) is 37.9 Å². The number of nitrogens with zero attached hydrogens (tertiary/aromatic N) is 1. The molecule has 0 spiro atoms. The van der Waals surface area contributed by atoms with Gasteiger partial charge in [-0.25, -0.2) is 4.98 Å². The van der Waals surface area contributed by atoms with Crippen molar-refractivity contribution in [2.45, 2.75) is 9.10 Å². The van der Waals surface area contributed by atoms with E-state index < -0.39 is 13.9 Å². The van der Waals surface area contributed by atoms with Crippen LogP contribution in [-0.2, 0) is 4.57 Å². The minimum absolute atomic E-state index is 0. The molecule has 0 amide bonds. The number of aromatic nitrogens is 3. The minimum atomic E-state index is -4.23. The molecule has 0 radical (unpaired) electrons. The van der Waals surface area contributed by atoms with Gasteiger partial charge in [-0.05, 0) is 11.4 Å². The molecule has 0 aliphatic carbocycles. The molecule has 3 aromatic rings. The molecule has 23 heavy (non-hydrogen) atoms. The Kier molecular flexibility index (Phi) is 6.15. The maximum absolute atomic E-state index is 11.6. The number of H-pyrrole nitrogens is 2. The molecule has 8 nitrogen and oxygen atoms in total. The Bertz CT molecular complexity index is 918. The monoisotopic (exact) mass is 383 g/mol. The zero-order valence-corrected chi connectivity index (χ0v) is 13.4. The number of thiophene rings is 1. The van der Waals surface area contributed by atoms with E-state index in [1.54, 1.807) is 17.6 Å². The number of rotatable bonds is 5. The first-order valence-electron chi connectivity index (χ1n) is 5.91. The number of hydrogen-bond donors (Lipinski definition) is 4. The van der Waals surface area contributed by atoms with Crippen LogP contribution in [0.25, 0.3) is 11.0 Å². The third-order valence-electron chi connectivity index (χ3n) is 2.62. The molecule has 0 fully saturated rings. The van der Waals surface area contributed by atoms with Crippen molar-refractivity contribution in [1.82, 2.24) is 15.0 Å². The Morgan fingerprint density at radius 2 is 2.17 bits per heavy atom. The van der Waals surface area contributed by atoms with Crippen LogP contribution >= 0.6 is 30.7 Å². The number of ether oxygens (including phenoxy) is 1. The van der Waals surface area contributed by atoms with Crippen molar-refractivity contribution in [1.29, 1.82) is 0 Å². The topological polar surface area (TPSA) is 128 Å². The van der Waals surface area contributed by atoms with Gasteiger partial charge in [0.1, 0.15) is 21.0 Å². The van der Waals surface area contributed by atoms with E-state index in [4.69, 9.17) is 14.5 Å². The molecule has 0 aliphatic heterocycles. The molecule has 0 unspecified atom stereocenters. The van der Waals surface area contributed by atoms with Crippen molar-refractivity contribution < 1.29 is 19.1 Å². The molecule has 3 aromatic heterocycles. The summed E-state index contributed by atoms with van der Waals surface area (Å²) >= 11 is 2.68. The van der Waals surface area contributed by atoms with E-state index in [2.05, 4.69) is 15.0 Å². The molecule has 0 aliphatic rings. The SMILES string of the molecule is O=c1[nH]cnc2c(Sc3sccc3OCP(=O)(O)O)c[nH]c12.[NaH]. The predicted octanol–water partition coefficient (Wildman–Crippen LogP) is 1.33. The first-order chi connectivity index (χ1) is 10.4. The van der Waals surface area contributed by atoms with Crippen LogP contribution in [0, 0.1) is 0 Å². The summed E-state index contributed by atoms with van der Waals surface area (Å²) in [6.07, 6.45) is 2.30. The van der Waals surface area contributed by atoms with E-state index in [0.717, 1.165) is 9.10 Å². The van der Waals surface area contributed by atoms with Crippen molar-refractivity contribution in [2.24, 2.45) is 0 Å². The quantitative estimate of drug-likeness (QED) is 0.386. The summed E-state index contributed by atoms with van der Waals surface area (Å²) in [6, 6.07) is 1.64. The van der Waals surface area contributed by atoms with Crippen LogP contribution < -0.4 is 10.3 Å². The summed E-state index contributed by atoms with van der Waals surface area (Å²) in [7, 11) is -4.23. The van der Waals surface area contributed by atoms with E-state index >= 15 is 0 Å². The average molecular weight is 383 g/mol. The van der Waals surface area contributed by atoms with Gasteiger partial charge >= 0.3 is 37.2 Å². The number of hydrogen-bond acceptors (Lipinski definition) is 6. The fourth-order valence-electron chi connectivity index (χ4n) is 1.72. The first-order valence-corrected chi connectivity index (χ1v) is 9.41. The van der Waals surface area contributed by atoms with Gasteiger partial charge in [-0.1, -0.05) is 11.8 Å². The van der Waals surface area contributed by atoms with E-state index in [1.807, 2.05) is 0 Å². The Morgan fingerprint density at radius 3 is 2.91 bits per heavy atom. The van der Waals surface area contributed by atoms with Crippen molar-refractivity contribution in [3.63, 3.8) is 0 Å². The Labute approximate surface area is 160 Å². The van der Waals surface area contributed by atoms with Crippen molar-refractivity contribution in [2.75, 3.05) is 6.35 Å². The Morgan fingerprint density at radius 1 is 1.39 bits per heavy atom. The van der Waals surface area contributed by atoms with Crippen LogP contribution in [0.1, 0.15) is 0 Å². The second kappa shape index (κ2) is 7.54.